The van der Waals surface area contributed by atoms with Gasteiger partial charge in [-0.05, 0) is 48.2 Å². The van der Waals surface area contributed by atoms with Crippen LogP contribution in [0.5, 0.6) is 5.75 Å². The molecule has 0 spiro atoms. The van der Waals surface area contributed by atoms with Crippen LogP contribution in [0.25, 0.3) is 0 Å². The van der Waals surface area contributed by atoms with E-state index in [0.717, 1.165) is 11.1 Å². The average Bonchev–Trinajstić information content (AvgIpc) is 2.63. The number of ether oxygens (including phenoxy) is 1. The van der Waals surface area contributed by atoms with Crippen LogP contribution in [-0.2, 0) is 9.59 Å². The van der Waals surface area contributed by atoms with Crippen molar-refractivity contribution in [3.63, 3.8) is 0 Å². The van der Waals surface area contributed by atoms with Crippen LogP contribution in [0.3, 0.4) is 0 Å². The van der Waals surface area contributed by atoms with Gasteiger partial charge >= 0.3 is 0 Å². The average molecular weight is 383 g/mol. The molecule has 0 heterocycles. The topological polar surface area (TPSA) is 96.5 Å². The van der Waals surface area contributed by atoms with E-state index in [4.69, 9.17) is 4.74 Å². The fourth-order valence-corrected chi connectivity index (χ4v) is 2.56. The van der Waals surface area contributed by atoms with Gasteiger partial charge in [0.1, 0.15) is 5.75 Å². The lowest BCUT2D eigenvalue weighted by molar-refractivity contribution is -0.123. The van der Waals surface area contributed by atoms with Crippen molar-refractivity contribution in [1.29, 1.82) is 0 Å². The molecule has 0 aromatic heterocycles. The standard InChI is InChI=1S/C21H25N3O4/c1-13(2)18-9-8-14(3)10-19(18)28-12-20(26)23-24-21(27)16-6-5-7-17(11-16)22-15(4)25/h5-11,13H,12H2,1-4H3,(H,22,25)(H,23,26)(H,24,27). The summed E-state index contributed by atoms with van der Waals surface area (Å²) in [6, 6.07) is 12.3. The van der Waals surface area contributed by atoms with Crippen molar-refractivity contribution in [2.75, 3.05) is 11.9 Å². The Bertz CT molecular complexity index is 878. The van der Waals surface area contributed by atoms with Crippen molar-refractivity contribution in [2.45, 2.75) is 33.6 Å². The Kier molecular flexibility index (Phi) is 7.14. The molecule has 3 N–H and O–H groups in total. The molecule has 0 atom stereocenters. The van der Waals surface area contributed by atoms with Crippen molar-refractivity contribution in [2.24, 2.45) is 0 Å². The SMILES string of the molecule is CC(=O)Nc1cccc(C(=O)NNC(=O)COc2cc(C)ccc2C(C)C)c1. The predicted molar refractivity (Wildman–Crippen MR) is 107 cm³/mol. The van der Waals surface area contributed by atoms with Crippen LogP contribution >= 0.6 is 0 Å². The molecule has 0 saturated heterocycles. The molecule has 0 fully saturated rings. The number of nitrogens with one attached hydrogen (secondary N) is 3. The number of hydrogen-bond acceptors (Lipinski definition) is 4. The fraction of sp³-hybridized carbons (Fsp3) is 0.286. The van der Waals surface area contributed by atoms with Gasteiger partial charge in [-0.2, -0.15) is 0 Å². The van der Waals surface area contributed by atoms with Crippen molar-refractivity contribution >= 4 is 23.4 Å². The van der Waals surface area contributed by atoms with Gasteiger partial charge in [0.05, 0.1) is 0 Å². The number of carbonyl (C=O) groups excluding carboxylic acids is 3. The van der Waals surface area contributed by atoms with Crippen LogP contribution in [-0.4, -0.2) is 24.3 Å². The third kappa shape index (κ3) is 6.12. The molecule has 7 heteroatoms. The number of amides is 3. The quantitative estimate of drug-likeness (QED) is 0.668. The number of anilines is 1. The normalized spacial score (nSPS) is 10.3. The van der Waals surface area contributed by atoms with Gasteiger partial charge < -0.3 is 10.1 Å². The number of aryl methyl sites for hydroxylation is 1. The minimum atomic E-state index is -0.501. The molecule has 0 aliphatic rings. The van der Waals surface area contributed by atoms with E-state index in [2.05, 4.69) is 16.2 Å². The van der Waals surface area contributed by atoms with Gasteiger partial charge in [-0.15, -0.1) is 0 Å². The van der Waals surface area contributed by atoms with Crippen LogP contribution < -0.4 is 20.9 Å². The number of hydrazine groups is 1. The van der Waals surface area contributed by atoms with Crippen molar-refractivity contribution < 1.29 is 19.1 Å². The summed E-state index contributed by atoms with van der Waals surface area (Å²) in [6.07, 6.45) is 0. The predicted octanol–water partition coefficient (Wildman–Crippen LogP) is 2.92. The highest BCUT2D eigenvalue weighted by Crippen LogP contribution is 2.27. The summed E-state index contributed by atoms with van der Waals surface area (Å²) >= 11 is 0. The minimum absolute atomic E-state index is 0.227. The monoisotopic (exact) mass is 383 g/mol. The molecule has 7 nitrogen and oxygen atoms in total. The van der Waals surface area contributed by atoms with E-state index in [1.54, 1.807) is 18.2 Å². The Labute approximate surface area is 164 Å². The van der Waals surface area contributed by atoms with Gasteiger partial charge in [-0.25, -0.2) is 0 Å². The van der Waals surface area contributed by atoms with Crippen molar-refractivity contribution in [3.05, 3.63) is 59.2 Å². The van der Waals surface area contributed by atoms with E-state index < -0.39 is 11.8 Å². The molecule has 2 rings (SSSR count). The van der Waals surface area contributed by atoms with Gasteiger partial charge in [-0.1, -0.05) is 32.0 Å². The largest absolute Gasteiger partial charge is 0.483 e. The van der Waals surface area contributed by atoms with Crippen LogP contribution in [0.15, 0.2) is 42.5 Å². The Balaban J connectivity index is 1.90. The van der Waals surface area contributed by atoms with Crippen LogP contribution in [0, 0.1) is 6.92 Å². The number of rotatable bonds is 6. The van der Waals surface area contributed by atoms with E-state index in [0.29, 0.717) is 17.0 Å². The van der Waals surface area contributed by atoms with Crippen molar-refractivity contribution in [3.8, 4) is 5.75 Å². The second kappa shape index (κ2) is 9.55. The van der Waals surface area contributed by atoms with Gasteiger partial charge in [0.2, 0.25) is 5.91 Å². The Morgan fingerprint density at radius 2 is 1.79 bits per heavy atom. The number of benzene rings is 2. The summed E-state index contributed by atoms with van der Waals surface area (Å²) in [6.45, 7) is 7.20. The lowest BCUT2D eigenvalue weighted by Gasteiger charge is -2.15. The molecular formula is C21H25N3O4. The summed E-state index contributed by atoms with van der Waals surface area (Å²) in [5.74, 6) is -0.310. The van der Waals surface area contributed by atoms with Crippen molar-refractivity contribution in [1.82, 2.24) is 10.9 Å². The van der Waals surface area contributed by atoms with E-state index >= 15 is 0 Å². The maximum absolute atomic E-state index is 12.2. The Hall–Kier alpha value is -3.35. The van der Waals surface area contributed by atoms with E-state index in [1.807, 2.05) is 39.0 Å². The highest BCUT2D eigenvalue weighted by atomic mass is 16.5. The van der Waals surface area contributed by atoms with Crippen LogP contribution in [0.1, 0.15) is 48.2 Å². The molecule has 0 bridgehead atoms. The molecule has 3 amide bonds. The smallest absolute Gasteiger partial charge is 0.276 e. The van der Waals surface area contributed by atoms with Gasteiger partial charge in [0, 0.05) is 18.2 Å². The van der Waals surface area contributed by atoms with Crippen LogP contribution in [0.2, 0.25) is 0 Å². The molecule has 0 unspecified atom stereocenters. The highest BCUT2D eigenvalue weighted by Gasteiger charge is 2.12. The molecule has 148 valence electrons. The first-order valence-corrected chi connectivity index (χ1v) is 8.96. The fourth-order valence-electron chi connectivity index (χ4n) is 2.56. The Morgan fingerprint density at radius 3 is 2.46 bits per heavy atom. The third-order valence-electron chi connectivity index (χ3n) is 3.91. The van der Waals surface area contributed by atoms with E-state index in [9.17, 15) is 14.4 Å². The maximum Gasteiger partial charge on any atom is 0.276 e. The molecule has 2 aromatic rings. The molecular weight excluding hydrogens is 358 g/mol. The van der Waals surface area contributed by atoms with E-state index in [-0.39, 0.29) is 18.4 Å². The summed E-state index contributed by atoms with van der Waals surface area (Å²) in [5, 5.41) is 2.60. The second-order valence-corrected chi connectivity index (χ2v) is 6.75. The molecule has 0 saturated carbocycles. The summed E-state index contributed by atoms with van der Waals surface area (Å²) < 4.78 is 5.63. The Morgan fingerprint density at radius 1 is 1.04 bits per heavy atom. The first-order valence-electron chi connectivity index (χ1n) is 8.96. The van der Waals surface area contributed by atoms with Crippen LogP contribution in [0.4, 0.5) is 5.69 Å². The lowest BCUT2D eigenvalue weighted by Crippen LogP contribution is -2.43. The minimum Gasteiger partial charge on any atom is -0.483 e. The molecule has 2 aromatic carbocycles. The second-order valence-electron chi connectivity index (χ2n) is 6.75. The number of hydrogen-bond donors (Lipinski definition) is 3. The number of carbonyl (C=O) groups is 3. The molecule has 28 heavy (non-hydrogen) atoms. The maximum atomic E-state index is 12.2. The summed E-state index contributed by atoms with van der Waals surface area (Å²) in [4.78, 5) is 35.3. The van der Waals surface area contributed by atoms with Gasteiger partial charge in [-0.3, -0.25) is 25.2 Å². The molecule has 0 radical (unpaired) electrons. The summed E-state index contributed by atoms with van der Waals surface area (Å²) in [5.41, 5.74) is 7.50. The van der Waals surface area contributed by atoms with Gasteiger partial charge in [0.15, 0.2) is 6.61 Å². The lowest BCUT2D eigenvalue weighted by atomic mass is 10.0. The molecule has 0 aliphatic heterocycles. The van der Waals surface area contributed by atoms with E-state index in [1.165, 1.54) is 13.0 Å². The first kappa shape index (κ1) is 21.0. The zero-order valence-corrected chi connectivity index (χ0v) is 16.5. The zero-order valence-electron chi connectivity index (χ0n) is 16.5. The van der Waals surface area contributed by atoms with Gasteiger partial charge in [0.25, 0.3) is 11.8 Å². The third-order valence-corrected chi connectivity index (χ3v) is 3.91. The highest BCUT2D eigenvalue weighted by molar-refractivity contribution is 5.97. The molecule has 0 aliphatic carbocycles. The summed E-state index contributed by atoms with van der Waals surface area (Å²) in [7, 11) is 0. The zero-order chi connectivity index (χ0) is 20.7. The first-order chi connectivity index (χ1) is 13.3.